The second-order valence-corrected chi connectivity index (χ2v) is 8.11. The average Bonchev–Trinajstić information content (AvgIpc) is 3.58. The zero-order valence-electron chi connectivity index (χ0n) is 17.4. The number of rotatable bonds is 5. The molecule has 8 heteroatoms. The van der Waals surface area contributed by atoms with Crippen molar-refractivity contribution in [1.82, 2.24) is 24.8 Å². The van der Waals surface area contributed by atoms with Crippen LogP contribution in [0.4, 0.5) is 0 Å². The van der Waals surface area contributed by atoms with E-state index in [-0.39, 0.29) is 11.8 Å². The van der Waals surface area contributed by atoms with Gasteiger partial charge in [-0.25, -0.2) is 0 Å². The summed E-state index contributed by atoms with van der Waals surface area (Å²) in [5.74, 6) is 0.483. The van der Waals surface area contributed by atoms with Gasteiger partial charge in [0.1, 0.15) is 5.58 Å². The van der Waals surface area contributed by atoms with E-state index in [1.165, 1.54) is 0 Å². The van der Waals surface area contributed by atoms with Crippen LogP contribution in [0.3, 0.4) is 0 Å². The second kappa shape index (κ2) is 8.37. The zero-order valence-corrected chi connectivity index (χ0v) is 17.4. The summed E-state index contributed by atoms with van der Waals surface area (Å²) in [6.07, 6.45) is 8.90. The molecule has 0 saturated carbocycles. The Morgan fingerprint density at radius 1 is 1.06 bits per heavy atom. The first-order valence-electron chi connectivity index (χ1n) is 10.8. The van der Waals surface area contributed by atoms with E-state index in [0.29, 0.717) is 30.9 Å². The van der Waals surface area contributed by atoms with Crippen LogP contribution in [0.1, 0.15) is 41.8 Å². The lowest BCUT2D eigenvalue weighted by molar-refractivity contribution is -0.131. The summed E-state index contributed by atoms with van der Waals surface area (Å²) < 4.78 is 7.50. The summed E-state index contributed by atoms with van der Waals surface area (Å²) in [5, 5.41) is 8.60. The Morgan fingerprint density at radius 3 is 2.74 bits per heavy atom. The Bertz CT molecular complexity index is 1130. The molecule has 0 radical (unpaired) electrons. The topological polar surface area (TPSA) is 84.5 Å². The fourth-order valence-corrected chi connectivity index (χ4v) is 4.31. The molecule has 2 aromatic heterocycles. The lowest BCUT2D eigenvalue weighted by Gasteiger charge is -2.27. The van der Waals surface area contributed by atoms with Gasteiger partial charge in [0.2, 0.25) is 5.91 Å². The number of aryl methyl sites for hydroxylation is 1. The summed E-state index contributed by atoms with van der Waals surface area (Å²) in [6, 6.07) is 7.81. The molecule has 4 heterocycles. The number of nitrogens with zero attached hydrogens (tertiary/aromatic N) is 5. The van der Waals surface area contributed by atoms with Crippen LogP contribution >= 0.6 is 0 Å². The molecule has 5 rings (SSSR count). The van der Waals surface area contributed by atoms with Gasteiger partial charge in [-0.2, -0.15) is 0 Å². The van der Waals surface area contributed by atoms with Crippen LogP contribution in [-0.4, -0.2) is 62.8 Å². The van der Waals surface area contributed by atoms with Gasteiger partial charge in [0.15, 0.2) is 5.76 Å². The molecule has 1 saturated heterocycles. The predicted molar refractivity (Wildman–Crippen MR) is 115 cm³/mol. The van der Waals surface area contributed by atoms with Crippen molar-refractivity contribution in [3.63, 3.8) is 0 Å². The van der Waals surface area contributed by atoms with Gasteiger partial charge in [-0.1, -0.05) is 17.4 Å². The normalized spacial score (nSPS) is 16.7. The van der Waals surface area contributed by atoms with Crippen LogP contribution < -0.4 is 0 Å². The maximum atomic E-state index is 12.7. The quantitative estimate of drug-likeness (QED) is 0.635. The third-order valence-electron chi connectivity index (χ3n) is 6.02. The van der Waals surface area contributed by atoms with E-state index in [1.807, 2.05) is 28.0 Å². The van der Waals surface area contributed by atoms with E-state index >= 15 is 0 Å². The van der Waals surface area contributed by atoms with Crippen molar-refractivity contribution in [3.8, 4) is 0 Å². The molecule has 0 bridgehead atoms. The molecule has 2 aliphatic heterocycles. The molecule has 1 fully saturated rings. The molecule has 3 aromatic rings. The fraction of sp³-hybridized carbons (Fsp3) is 0.391. The molecule has 2 aliphatic rings. The molecule has 0 N–H and O–H groups in total. The number of likely N-dealkylation sites (tertiary alicyclic amines) is 1. The first kappa shape index (κ1) is 19.5. The van der Waals surface area contributed by atoms with Crippen LogP contribution in [0, 0.1) is 0 Å². The first-order chi connectivity index (χ1) is 15.2. The minimum Gasteiger partial charge on any atom is -0.451 e. The van der Waals surface area contributed by atoms with E-state index in [9.17, 15) is 9.59 Å². The van der Waals surface area contributed by atoms with Gasteiger partial charge in [-0.15, -0.1) is 5.10 Å². The summed E-state index contributed by atoms with van der Waals surface area (Å²) >= 11 is 0. The summed E-state index contributed by atoms with van der Waals surface area (Å²) in [6.45, 7) is 3.44. The largest absolute Gasteiger partial charge is 0.451 e. The number of aromatic nitrogens is 3. The zero-order chi connectivity index (χ0) is 21.2. The van der Waals surface area contributed by atoms with Gasteiger partial charge in [0.25, 0.3) is 5.91 Å². The van der Waals surface area contributed by atoms with E-state index in [1.54, 1.807) is 17.1 Å². The number of hydrogen-bond acceptors (Lipinski definition) is 5. The molecule has 8 nitrogen and oxygen atoms in total. The van der Waals surface area contributed by atoms with Crippen LogP contribution in [-0.2, 0) is 11.3 Å². The standard InChI is InChI=1S/C23H25N5O3/c29-22(7-12-28-13-8-24-25-28)27-11-3-4-18(16-27)17-5-6-20-19(14-17)15-21(31-20)23(30)26-9-1-2-10-26/h4-6,8,13-15H,1-3,7,9-12,16H2. The molecule has 0 aliphatic carbocycles. The molecule has 2 amide bonds. The van der Waals surface area contributed by atoms with Crippen LogP contribution in [0.25, 0.3) is 16.5 Å². The van der Waals surface area contributed by atoms with Crippen molar-refractivity contribution < 1.29 is 14.0 Å². The van der Waals surface area contributed by atoms with Gasteiger partial charge in [0, 0.05) is 44.2 Å². The molecular formula is C23H25N5O3. The number of amides is 2. The monoisotopic (exact) mass is 419 g/mol. The van der Waals surface area contributed by atoms with E-state index < -0.39 is 0 Å². The van der Waals surface area contributed by atoms with Crippen molar-refractivity contribution in [1.29, 1.82) is 0 Å². The Labute approximate surface area is 180 Å². The summed E-state index contributed by atoms with van der Waals surface area (Å²) in [4.78, 5) is 29.1. The molecule has 0 atom stereocenters. The second-order valence-electron chi connectivity index (χ2n) is 8.11. The number of benzene rings is 1. The highest BCUT2D eigenvalue weighted by Crippen LogP contribution is 2.28. The van der Waals surface area contributed by atoms with Crippen LogP contribution in [0.5, 0.6) is 0 Å². The number of furan rings is 1. The third-order valence-corrected chi connectivity index (χ3v) is 6.02. The lowest BCUT2D eigenvalue weighted by atomic mass is 9.99. The highest BCUT2D eigenvalue weighted by Gasteiger charge is 2.23. The van der Waals surface area contributed by atoms with Crippen molar-refractivity contribution in [2.45, 2.75) is 32.2 Å². The number of carbonyl (C=O) groups is 2. The molecule has 31 heavy (non-hydrogen) atoms. The number of carbonyl (C=O) groups excluding carboxylic acids is 2. The minimum atomic E-state index is -0.0312. The summed E-state index contributed by atoms with van der Waals surface area (Å²) in [7, 11) is 0. The Kier molecular flexibility index (Phi) is 5.28. The first-order valence-corrected chi connectivity index (χ1v) is 10.8. The van der Waals surface area contributed by atoms with Crippen molar-refractivity contribution >= 4 is 28.4 Å². The fourth-order valence-electron chi connectivity index (χ4n) is 4.31. The van der Waals surface area contributed by atoms with Gasteiger partial charge in [0.05, 0.1) is 12.7 Å². The Morgan fingerprint density at radius 2 is 1.94 bits per heavy atom. The van der Waals surface area contributed by atoms with Crippen molar-refractivity contribution in [2.75, 3.05) is 26.2 Å². The lowest BCUT2D eigenvalue weighted by Crippen LogP contribution is -2.35. The van der Waals surface area contributed by atoms with E-state index in [4.69, 9.17) is 4.42 Å². The van der Waals surface area contributed by atoms with E-state index in [2.05, 4.69) is 22.5 Å². The smallest absolute Gasteiger partial charge is 0.289 e. The minimum absolute atomic E-state index is 0.0312. The molecule has 0 spiro atoms. The van der Waals surface area contributed by atoms with Crippen LogP contribution in [0.15, 0.2) is 47.2 Å². The number of fused-ring (bicyclic) bond motifs is 1. The highest BCUT2D eigenvalue weighted by atomic mass is 16.3. The van der Waals surface area contributed by atoms with Crippen molar-refractivity contribution in [2.24, 2.45) is 0 Å². The van der Waals surface area contributed by atoms with Gasteiger partial charge < -0.3 is 14.2 Å². The van der Waals surface area contributed by atoms with Gasteiger partial charge >= 0.3 is 0 Å². The SMILES string of the molecule is O=C(CCn1ccnn1)N1CCC=C(c2ccc3oc(C(=O)N4CCCC4)cc3c2)C1. The predicted octanol–water partition coefficient (Wildman–Crippen LogP) is 2.97. The molecule has 160 valence electrons. The Hall–Kier alpha value is -3.42. The van der Waals surface area contributed by atoms with E-state index in [0.717, 1.165) is 55.4 Å². The third kappa shape index (κ3) is 4.10. The maximum Gasteiger partial charge on any atom is 0.289 e. The van der Waals surface area contributed by atoms with Crippen LogP contribution in [0.2, 0.25) is 0 Å². The number of hydrogen-bond donors (Lipinski definition) is 0. The summed E-state index contributed by atoms with van der Waals surface area (Å²) in [5.41, 5.74) is 2.89. The van der Waals surface area contributed by atoms with Gasteiger partial charge in [-0.05, 0) is 48.6 Å². The molecule has 0 unspecified atom stereocenters. The Balaban J connectivity index is 1.28. The average molecular weight is 419 g/mol. The maximum absolute atomic E-state index is 12.7. The molecular weight excluding hydrogens is 394 g/mol. The van der Waals surface area contributed by atoms with Gasteiger partial charge in [-0.3, -0.25) is 14.3 Å². The van der Waals surface area contributed by atoms with Crippen molar-refractivity contribution in [3.05, 3.63) is 54.1 Å². The molecule has 1 aromatic carbocycles. The highest BCUT2D eigenvalue weighted by molar-refractivity contribution is 5.97.